The number of halogens is 3. The lowest BCUT2D eigenvalue weighted by Gasteiger charge is -2.11. The number of hydrogen-bond acceptors (Lipinski definition) is 4. The Labute approximate surface area is 147 Å². The zero-order valence-corrected chi connectivity index (χ0v) is 14.0. The van der Waals surface area contributed by atoms with E-state index in [0.29, 0.717) is 11.4 Å². The largest absolute Gasteiger partial charge is 0.416 e. The summed E-state index contributed by atoms with van der Waals surface area (Å²) in [5.74, 6) is 0.451. The van der Waals surface area contributed by atoms with Gasteiger partial charge in [-0.25, -0.2) is 22.8 Å². The molecule has 6 nitrogen and oxygen atoms in total. The van der Waals surface area contributed by atoms with Crippen LogP contribution < -0.4 is 4.72 Å². The van der Waals surface area contributed by atoms with Crippen molar-refractivity contribution in [3.05, 3.63) is 72.2 Å². The minimum atomic E-state index is -4.52. The summed E-state index contributed by atoms with van der Waals surface area (Å²) in [7, 11) is -3.98. The summed E-state index contributed by atoms with van der Waals surface area (Å²) in [5, 5.41) is 4.05. The molecule has 10 heteroatoms. The third-order valence-electron chi connectivity index (χ3n) is 3.53. The van der Waals surface area contributed by atoms with E-state index in [2.05, 4.69) is 14.8 Å². The quantitative estimate of drug-likeness (QED) is 0.736. The maximum atomic E-state index is 12.6. The van der Waals surface area contributed by atoms with Crippen LogP contribution in [0.3, 0.4) is 0 Å². The van der Waals surface area contributed by atoms with Crippen LogP contribution in [0.15, 0.2) is 66.0 Å². The summed E-state index contributed by atoms with van der Waals surface area (Å²) in [6.45, 7) is -0.0909. The SMILES string of the molecule is O=S(=O)(NCc1cccnc1-n1cccn1)c1ccc(C(F)(F)F)cc1. The highest BCUT2D eigenvalue weighted by molar-refractivity contribution is 7.89. The fourth-order valence-corrected chi connectivity index (χ4v) is 3.25. The number of hydrogen-bond donors (Lipinski definition) is 1. The molecule has 0 radical (unpaired) electrons. The van der Waals surface area contributed by atoms with Gasteiger partial charge in [0.2, 0.25) is 10.0 Å². The van der Waals surface area contributed by atoms with Gasteiger partial charge in [0.1, 0.15) is 0 Å². The van der Waals surface area contributed by atoms with Gasteiger partial charge in [-0.15, -0.1) is 0 Å². The molecule has 26 heavy (non-hydrogen) atoms. The highest BCUT2D eigenvalue weighted by atomic mass is 32.2. The van der Waals surface area contributed by atoms with Gasteiger partial charge >= 0.3 is 6.18 Å². The van der Waals surface area contributed by atoms with Crippen molar-refractivity contribution >= 4 is 10.0 Å². The molecule has 0 spiro atoms. The zero-order valence-electron chi connectivity index (χ0n) is 13.2. The van der Waals surface area contributed by atoms with Gasteiger partial charge in [0, 0.05) is 30.7 Å². The van der Waals surface area contributed by atoms with E-state index < -0.39 is 21.8 Å². The highest BCUT2D eigenvalue weighted by Gasteiger charge is 2.30. The molecule has 1 N–H and O–H groups in total. The Morgan fingerprint density at radius 1 is 1.04 bits per heavy atom. The first-order valence-electron chi connectivity index (χ1n) is 7.38. The van der Waals surface area contributed by atoms with Crippen molar-refractivity contribution < 1.29 is 21.6 Å². The average molecular weight is 382 g/mol. The Kier molecular flexibility index (Phi) is 4.79. The van der Waals surface area contributed by atoms with Crippen molar-refractivity contribution in [1.82, 2.24) is 19.5 Å². The molecular formula is C16H13F3N4O2S. The normalized spacial score (nSPS) is 12.3. The van der Waals surface area contributed by atoms with E-state index in [1.54, 1.807) is 36.8 Å². The van der Waals surface area contributed by atoms with Crippen molar-refractivity contribution in [1.29, 1.82) is 0 Å². The monoisotopic (exact) mass is 382 g/mol. The van der Waals surface area contributed by atoms with Crippen LogP contribution in [-0.2, 0) is 22.7 Å². The number of benzene rings is 1. The Morgan fingerprint density at radius 2 is 1.77 bits per heavy atom. The molecule has 136 valence electrons. The van der Waals surface area contributed by atoms with E-state index in [-0.39, 0.29) is 11.4 Å². The van der Waals surface area contributed by atoms with Crippen molar-refractivity contribution in [2.75, 3.05) is 0 Å². The number of nitrogens with zero attached hydrogens (tertiary/aromatic N) is 3. The van der Waals surface area contributed by atoms with E-state index in [4.69, 9.17) is 0 Å². The van der Waals surface area contributed by atoms with Crippen LogP contribution >= 0.6 is 0 Å². The first kappa shape index (κ1) is 18.1. The van der Waals surface area contributed by atoms with Crippen LogP contribution in [0.2, 0.25) is 0 Å². The van der Waals surface area contributed by atoms with Gasteiger partial charge in [0.15, 0.2) is 5.82 Å². The van der Waals surface area contributed by atoms with E-state index in [1.807, 2.05) is 0 Å². The van der Waals surface area contributed by atoms with Gasteiger partial charge in [-0.1, -0.05) is 6.07 Å². The average Bonchev–Trinajstić information content (AvgIpc) is 3.14. The Morgan fingerprint density at radius 3 is 2.38 bits per heavy atom. The van der Waals surface area contributed by atoms with Gasteiger partial charge in [-0.2, -0.15) is 18.3 Å². The lowest BCUT2D eigenvalue weighted by atomic mass is 10.2. The van der Waals surface area contributed by atoms with Gasteiger partial charge in [0.25, 0.3) is 0 Å². The Balaban J connectivity index is 1.80. The lowest BCUT2D eigenvalue weighted by molar-refractivity contribution is -0.137. The number of aromatic nitrogens is 3. The molecule has 0 saturated heterocycles. The predicted molar refractivity (Wildman–Crippen MR) is 86.8 cm³/mol. The third kappa shape index (κ3) is 3.92. The van der Waals surface area contributed by atoms with Crippen LogP contribution in [0.25, 0.3) is 5.82 Å². The lowest BCUT2D eigenvalue weighted by Crippen LogP contribution is -2.24. The van der Waals surface area contributed by atoms with E-state index in [1.165, 1.54) is 4.68 Å². The van der Waals surface area contributed by atoms with Crippen LogP contribution in [-0.4, -0.2) is 23.2 Å². The minimum Gasteiger partial charge on any atom is -0.237 e. The number of rotatable bonds is 5. The van der Waals surface area contributed by atoms with E-state index >= 15 is 0 Å². The second kappa shape index (κ2) is 6.89. The van der Waals surface area contributed by atoms with Crippen LogP contribution in [0, 0.1) is 0 Å². The standard InChI is InChI=1S/C16H13F3N4O2S/c17-16(18,19)13-4-6-14(7-5-13)26(24,25)22-11-12-3-1-8-20-15(12)23-10-2-9-21-23/h1-10,22H,11H2. The molecule has 0 aliphatic carbocycles. The maximum Gasteiger partial charge on any atom is 0.416 e. The van der Waals surface area contributed by atoms with Crippen LogP contribution in [0.5, 0.6) is 0 Å². The van der Waals surface area contributed by atoms with Crippen LogP contribution in [0.1, 0.15) is 11.1 Å². The van der Waals surface area contributed by atoms with Crippen molar-refractivity contribution in [3.8, 4) is 5.82 Å². The number of sulfonamides is 1. The molecule has 0 atom stereocenters. The molecule has 0 amide bonds. The topological polar surface area (TPSA) is 76.9 Å². The summed E-state index contributed by atoms with van der Waals surface area (Å²) in [5.41, 5.74) is -0.351. The van der Waals surface area contributed by atoms with Crippen molar-refractivity contribution in [3.63, 3.8) is 0 Å². The molecule has 0 aliphatic heterocycles. The fourth-order valence-electron chi connectivity index (χ4n) is 2.25. The zero-order chi connectivity index (χ0) is 18.8. The summed E-state index contributed by atoms with van der Waals surface area (Å²) in [6, 6.07) is 8.33. The molecule has 0 aliphatic rings. The molecule has 0 bridgehead atoms. The van der Waals surface area contributed by atoms with Crippen molar-refractivity contribution in [2.24, 2.45) is 0 Å². The highest BCUT2D eigenvalue weighted by Crippen LogP contribution is 2.29. The first-order chi connectivity index (χ1) is 12.3. The number of alkyl halides is 3. The molecule has 0 fully saturated rings. The molecular weight excluding hydrogens is 369 g/mol. The number of pyridine rings is 1. The molecule has 1 aromatic carbocycles. The van der Waals surface area contributed by atoms with E-state index in [0.717, 1.165) is 24.3 Å². The maximum absolute atomic E-state index is 12.6. The second-order valence-electron chi connectivity index (χ2n) is 5.28. The third-order valence-corrected chi connectivity index (χ3v) is 4.95. The Hall–Kier alpha value is -2.72. The van der Waals surface area contributed by atoms with Gasteiger partial charge < -0.3 is 0 Å². The molecule has 3 aromatic rings. The summed E-state index contributed by atoms with van der Waals surface area (Å²) < 4.78 is 66.3. The van der Waals surface area contributed by atoms with Gasteiger partial charge in [-0.05, 0) is 36.4 Å². The molecule has 2 heterocycles. The first-order valence-corrected chi connectivity index (χ1v) is 8.86. The summed E-state index contributed by atoms with van der Waals surface area (Å²) >= 11 is 0. The minimum absolute atomic E-state index is 0.0909. The predicted octanol–water partition coefficient (Wildman–Crippen LogP) is 2.76. The molecule has 0 unspecified atom stereocenters. The van der Waals surface area contributed by atoms with Crippen molar-refractivity contribution in [2.45, 2.75) is 17.6 Å². The molecule has 0 saturated carbocycles. The Bertz CT molecular complexity index is 985. The smallest absolute Gasteiger partial charge is 0.237 e. The van der Waals surface area contributed by atoms with Gasteiger partial charge in [0.05, 0.1) is 10.5 Å². The summed E-state index contributed by atoms with van der Waals surface area (Å²) in [6.07, 6.45) is 0.246. The molecule has 3 rings (SSSR count). The van der Waals surface area contributed by atoms with E-state index in [9.17, 15) is 21.6 Å². The number of nitrogens with one attached hydrogen (secondary N) is 1. The van der Waals surface area contributed by atoms with Crippen LogP contribution in [0.4, 0.5) is 13.2 Å². The van der Waals surface area contributed by atoms with Gasteiger partial charge in [-0.3, -0.25) is 0 Å². The fraction of sp³-hybridized carbons (Fsp3) is 0.125. The summed E-state index contributed by atoms with van der Waals surface area (Å²) in [4.78, 5) is 3.92. The molecule has 2 aromatic heterocycles. The second-order valence-corrected chi connectivity index (χ2v) is 7.05.